The summed E-state index contributed by atoms with van der Waals surface area (Å²) >= 11 is 0. The Balaban J connectivity index is 2.07. The van der Waals surface area contributed by atoms with Gasteiger partial charge >= 0.3 is 0 Å². The number of benzene rings is 1. The highest BCUT2D eigenvalue weighted by atomic mass is 19.1. The average Bonchev–Trinajstić information content (AvgIpc) is 2.43. The number of aliphatic hydroxyl groups excluding tert-OH is 1. The zero-order valence-electron chi connectivity index (χ0n) is 11.0. The summed E-state index contributed by atoms with van der Waals surface area (Å²) in [5.74, 6) is -2.26. The van der Waals surface area contributed by atoms with E-state index in [1.807, 2.05) is 4.90 Å². The Hall–Kier alpha value is -1.73. The molecule has 0 aliphatic carbocycles. The van der Waals surface area contributed by atoms with Gasteiger partial charge in [0.1, 0.15) is 11.6 Å². The molecule has 0 bridgehead atoms. The number of aliphatic hydroxyl groups is 1. The van der Waals surface area contributed by atoms with Crippen LogP contribution in [0.1, 0.15) is 10.4 Å². The fraction of sp³-hybridized carbons (Fsp3) is 0.462. The molecule has 1 fully saturated rings. The lowest BCUT2D eigenvalue weighted by Crippen LogP contribution is -2.49. The molecule has 0 saturated carbocycles. The summed E-state index contributed by atoms with van der Waals surface area (Å²) in [7, 11) is 0. The number of rotatable bonds is 3. The molecule has 20 heavy (non-hydrogen) atoms. The van der Waals surface area contributed by atoms with Crippen molar-refractivity contribution in [3.63, 3.8) is 0 Å². The number of carbonyl (C=O) groups is 1. The van der Waals surface area contributed by atoms with Crippen molar-refractivity contribution in [2.24, 2.45) is 0 Å². The largest absolute Gasteiger partial charge is 0.396 e. The minimum absolute atomic E-state index is 0.0665. The molecule has 0 unspecified atom stereocenters. The van der Waals surface area contributed by atoms with Crippen LogP contribution in [0.3, 0.4) is 0 Å². The number of halogens is 2. The third kappa shape index (κ3) is 3.05. The van der Waals surface area contributed by atoms with Crippen LogP contribution in [0.25, 0.3) is 0 Å². The van der Waals surface area contributed by atoms with E-state index in [1.165, 1.54) is 4.90 Å². The number of nitrogens with zero attached hydrogens (tertiary/aromatic N) is 2. The zero-order chi connectivity index (χ0) is 14.7. The minimum atomic E-state index is -0.903. The Bertz CT molecular complexity index is 503. The highest BCUT2D eigenvalue weighted by molar-refractivity contribution is 5.95. The highest BCUT2D eigenvalue weighted by Gasteiger charge is 2.24. The molecule has 1 aromatic rings. The van der Waals surface area contributed by atoms with Gasteiger partial charge in [-0.15, -0.1) is 0 Å². The van der Waals surface area contributed by atoms with Crippen LogP contribution in [0.5, 0.6) is 0 Å². The van der Waals surface area contributed by atoms with E-state index >= 15 is 0 Å². The lowest BCUT2D eigenvalue weighted by atomic mass is 10.1. The second-order valence-electron chi connectivity index (χ2n) is 4.71. The van der Waals surface area contributed by atoms with E-state index in [4.69, 9.17) is 10.8 Å². The molecule has 1 aliphatic heterocycles. The van der Waals surface area contributed by atoms with E-state index in [9.17, 15) is 13.6 Å². The molecular weight excluding hydrogens is 268 g/mol. The molecule has 1 heterocycles. The van der Waals surface area contributed by atoms with E-state index in [1.54, 1.807) is 0 Å². The van der Waals surface area contributed by atoms with Crippen LogP contribution in [-0.2, 0) is 0 Å². The molecule has 110 valence electrons. The van der Waals surface area contributed by atoms with Gasteiger partial charge in [0.2, 0.25) is 0 Å². The normalized spacial score (nSPS) is 16.4. The molecule has 1 aromatic carbocycles. The first-order valence-electron chi connectivity index (χ1n) is 6.40. The van der Waals surface area contributed by atoms with Gasteiger partial charge in [-0.25, -0.2) is 8.78 Å². The summed E-state index contributed by atoms with van der Waals surface area (Å²) in [5, 5.41) is 8.84. The number of nitrogens with two attached hydrogens (primary N) is 1. The van der Waals surface area contributed by atoms with E-state index in [-0.39, 0.29) is 17.9 Å². The topological polar surface area (TPSA) is 69.8 Å². The standard InChI is InChI=1S/C13H17F2N3O2/c14-10-8-11(15)12(16)7-9(10)13(20)18-3-1-17(2-4-18)5-6-19/h7-8,19H,1-6,16H2. The van der Waals surface area contributed by atoms with Crippen LogP contribution in [0.15, 0.2) is 12.1 Å². The fourth-order valence-electron chi connectivity index (χ4n) is 2.22. The lowest BCUT2D eigenvalue weighted by Gasteiger charge is -2.34. The van der Waals surface area contributed by atoms with Crippen molar-refractivity contribution in [3.8, 4) is 0 Å². The third-order valence-corrected chi connectivity index (χ3v) is 3.39. The van der Waals surface area contributed by atoms with Gasteiger partial charge in [0.25, 0.3) is 5.91 Å². The highest BCUT2D eigenvalue weighted by Crippen LogP contribution is 2.19. The third-order valence-electron chi connectivity index (χ3n) is 3.39. The van der Waals surface area contributed by atoms with E-state index in [2.05, 4.69) is 0 Å². The monoisotopic (exact) mass is 285 g/mol. The Morgan fingerprint density at radius 3 is 2.45 bits per heavy atom. The van der Waals surface area contributed by atoms with E-state index in [0.717, 1.165) is 6.07 Å². The van der Waals surface area contributed by atoms with Gasteiger partial charge in [-0.3, -0.25) is 9.69 Å². The van der Waals surface area contributed by atoms with Crippen LogP contribution in [0, 0.1) is 11.6 Å². The maximum Gasteiger partial charge on any atom is 0.256 e. The Morgan fingerprint density at radius 1 is 1.20 bits per heavy atom. The molecule has 2 rings (SSSR count). The number of β-amino-alcohol motifs (C(OH)–C–C–N with tert-alkyl or cyclic N) is 1. The second kappa shape index (κ2) is 6.15. The molecule has 0 spiro atoms. The molecule has 1 saturated heterocycles. The van der Waals surface area contributed by atoms with Crippen molar-refractivity contribution in [2.45, 2.75) is 0 Å². The number of nitrogen functional groups attached to an aromatic ring is 1. The summed E-state index contributed by atoms with van der Waals surface area (Å²) in [6.07, 6.45) is 0. The van der Waals surface area contributed by atoms with Crippen LogP contribution in [0.4, 0.5) is 14.5 Å². The van der Waals surface area contributed by atoms with Crippen LogP contribution in [-0.4, -0.2) is 60.1 Å². The number of hydrogen-bond donors (Lipinski definition) is 2. The predicted octanol–water partition coefficient (Wildman–Crippen LogP) is 0.297. The van der Waals surface area contributed by atoms with Crippen molar-refractivity contribution in [2.75, 3.05) is 45.1 Å². The SMILES string of the molecule is Nc1cc(C(=O)N2CCN(CCO)CC2)c(F)cc1F. The van der Waals surface area contributed by atoms with Crippen molar-refractivity contribution in [1.29, 1.82) is 0 Å². The van der Waals surface area contributed by atoms with E-state index in [0.29, 0.717) is 38.8 Å². The Kier molecular flexibility index (Phi) is 4.51. The first-order chi connectivity index (χ1) is 9.52. The van der Waals surface area contributed by atoms with Crippen molar-refractivity contribution in [1.82, 2.24) is 9.80 Å². The zero-order valence-corrected chi connectivity index (χ0v) is 11.0. The maximum atomic E-state index is 13.6. The average molecular weight is 285 g/mol. The molecule has 0 aromatic heterocycles. The summed E-state index contributed by atoms with van der Waals surface area (Å²) in [6, 6.07) is 1.66. The summed E-state index contributed by atoms with van der Waals surface area (Å²) < 4.78 is 26.7. The number of carbonyl (C=O) groups excluding carboxylic acids is 1. The van der Waals surface area contributed by atoms with Crippen molar-refractivity contribution < 1.29 is 18.7 Å². The van der Waals surface area contributed by atoms with Gasteiger partial charge in [-0.1, -0.05) is 0 Å². The Morgan fingerprint density at radius 2 is 1.85 bits per heavy atom. The van der Waals surface area contributed by atoms with Crippen molar-refractivity contribution in [3.05, 3.63) is 29.3 Å². The molecule has 0 atom stereocenters. The van der Waals surface area contributed by atoms with Gasteiger partial charge in [0.15, 0.2) is 0 Å². The molecule has 7 heteroatoms. The molecule has 1 aliphatic rings. The lowest BCUT2D eigenvalue weighted by molar-refractivity contribution is 0.0610. The number of amides is 1. The predicted molar refractivity (Wildman–Crippen MR) is 70.2 cm³/mol. The van der Waals surface area contributed by atoms with Gasteiger partial charge in [0.05, 0.1) is 17.9 Å². The van der Waals surface area contributed by atoms with Gasteiger partial charge < -0.3 is 15.7 Å². The smallest absolute Gasteiger partial charge is 0.256 e. The minimum Gasteiger partial charge on any atom is -0.396 e. The van der Waals surface area contributed by atoms with Gasteiger partial charge in [-0.05, 0) is 6.07 Å². The molecule has 1 amide bonds. The molecular formula is C13H17F2N3O2. The summed E-state index contributed by atoms with van der Waals surface area (Å²) in [5.41, 5.74) is 4.92. The quantitative estimate of drug-likeness (QED) is 0.784. The van der Waals surface area contributed by atoms with Crippen LogP contribution in [0.2, 0.25) is 0 Å². The fourth-order valence-corrected chi connectivity index (χ4v) is 2.22. The summed E-state index contributed by atoms with van der Waals surface area (Å²) in [6.45, 7) is 2.73. The molecule has 0 radical (unpaired) electrons. The number of piperazine rings is 1. The van der Waals surface area contributed by atoms with Crippen molar-refractivity contribution >= 4 is 11.6 Å². The van der Waals surface area contributed by atoms with E-state index < -0.39 is 17.5 Å². The van der Waals surface area contributed by atoms with Gasteiger partial charge in [0, 0.05) is 38.8 Å². The number of hydrogen-bond acceptors (Lipinski definition) is 4. The molecule has 3 N–H and O–H groups in total. The van der Waals surface area contributed by atoms with Gasteiger partial charge in [-0.2, -0.15) is 0 Å². The molecule has 5 nitrogen and oxygen atoms in total. The van der Waals surface area contributed by atoms with Crippen LogP contribution < -0.4 is 5.73 Å². The second-order valence-corrected chi connectivity index (χ2v) is 4.71. The maximum absolute atomic E-state index is 13.6. The summed E-state index contributed by atoms with van der Waals surface area (Å²) in [4.78, 5) is 15.7. The first-order valence-corrected chi connectivity index (χ1v) is 6.40. The first kappa shape index (κ1) is 14.7. The van der Waals surface area contributed by atoms with Crippen LogP contribution >= 0.6 is 0 Å². The number of anilines is 1. The Labute approximate surface area is 115 Å².